The lowest BCUT2D eigenvalue weighted by Crippen LogP contribution is -2.25. The number of aliphatic carboxylic acids is 1. The van der Waals surface area contributed by atoms with Crippen molar-refractivity contribution in [3.8, 4) is 5.75 Å². The molecule has 9 nitrogen and oxygen atoms in total. The zero-order valence-electron chi connectivity index (χ0n) is 21.8. The van der Waals surface area contributed by atoms with Gasteiger partial charge in [0.15, 0.2) is 11.5 Å². The van der Waals surface area contributed by atoms with E-state index < -0.39 is 12.1 Å². The lowest BCUT2D eigenvalue weighted by molar-refractivity contribution is -0.192. The van der Waals surface area contributed by atoms with Crippen LogP contribution in [0.4, 0.5) is 13.2 Å². The van der Waals surface area contributed by atoms with E-state index >= 15 is 0 Å². The number of carboxylic acids is 1. The average Bonchev–Trinajstić information content (AvgIpc) is 3.39. The molecular weight excluding hydrogens is 575 g/mol. The lowest BCUT2D eigenvalue weighted by atomic mass is 10.1. The Hall–Kier alpha value is -5.04. The van der Waals surface area contributed by atoms with Gasteiger partial charge in [0.2, 0.25) is 0 Å². The fourth-order valence-electron chi connectivity index (χ4n) is 4.06. The molecule has 3 aromatic heterocycles. The third kappa shape index (κ3) is 6.47. The third-order valence-electron chi connectivity index (χ3n) is 5.97. The molecule has 5 rings (SSSR count). The van der Waals surface area contributed by atoms with Crippen LogP contribution in [0.2, 0.25) is 0 Å². The number of carbonyl (C=O) groups is 3. The first-order valence-electron chi connectivity index (χ1n) is 12.2. The standard InChI is InChI=1S/C27H21N3O4S.C2HF3O2/c1-34-23-22-24(35-25(23)26(32)29-15-18-11-7-8-14-28-18)19-12-5-6-13-20(19)30(27(22)33)16-21(31)17-9-3-2-4-10-17;3-2(4,5)1(6)7/h2-14H,15-16H2,1H3,(H,29,32);(H,6,7). The number of amides is 1. The highest BCUT2D eigenvalue weighted by Gasteiger charge is 2.38. The molecule has 42 heavy (non-hydrogen) atoms. The molecule has 0 fully saturated rings. The molecule has 0 atom stereocenters. The predicted octanol–water partition coefficient (Wildman–Crippen LogP) is 5.07. The van der Waals surface area contributed by atoms with Gasteiger partial charge in [-0.1, -0.05) is 54.6 Å². The first kappa shape index (κ1) is 29.9. The van der Waals surface area contributed by atoms with E-state index in [1.54, 1.807) is 36.5 Å². The molecule has 0 aliphatic carbocycles. The largest absolute Gasteiger partial charge is 0.494 e. The molecule has 0 radical (unpaired) electrons. The molecule has 0 aliphatic heterocycles. The number of ether oxygens (including phenoxy) is 1. The fraction of sp³-hybridized carbons (Fsp3) is 0.138. The maximum absolute atomic E-state index is 13.7. The van der Waals surface area contributed by atoms with Gasteiger partial charge in [-0.3, -0.25) is 23.9 Å². The van der Waals surface area contributed by atoms with Crippen LogP contribution in [0.15, 0.2) is 83.8 Å². The van der Waals surface area contributed by atoms with Crippen molar-refractivity contribution in [1.29, 1.82) is 0 Å². The Labute approximate surface area is 239 Å². The summed E-state index contributed by atoms with van der Waals surface area (Å²) < 4.78 is 39.4. The number of nitrogens with one attached hydrogen (secondary N) is 1. The van der Waals surface area contributed by atoms with E-state index in [0.29, 0.717) is 31.7 Å². The number of carbonyl (C=O) groups excluding carboxylic acids is 2. The van der Waals surface area contributed by atoms with Crippen LogP contribution in [0.5, 0.6) is 5.75 Å². The number of fused-ring (bicyclic) bond motifs is 3. The van der Waals surface area contributed by atoms with Gasteiger partial charge in [-0.2, -0.15) is 13.2 Å². The molecule has 0 bridgehead atoms. The Morgan fingerprint density at radius 2 is 1.64 bits per heavy atom. The van der Waals surface area contributed by atoms with Gasteiger partial charge in [0.25, 0.3) is 11.5 Å². The van der Waals surface area contributed by atoms with E-state index in [9.17, 15) is 27.6 Å². The highest BCUT2D eigenvalue weighted by molar-refractivity contribution is 7.22. The van der Waals surface area contributed by atoms with E-state index in [1.165, 1.54) is 23.0 Å². The number of alkyl halides is 3. The van der Waals surface area contributed by atoms with Crippen LogP contribution < -0.4 is 15.6 Å². The number of thiophene rings is 1. The second kappa shape index (κ2) is 12.6. The van der Waals surface area contributed by atoms with Crippen LogP contribution in [0.1, 0.15) is 25.7 Å². The molecule has 2 aromatic carbocycles. The van der Waals surface area contributed by atoms with Gasteiger partial charge in [0.1, 0.15) is 10.3 Å². The Balaban J connectivity index is 0.000000517. The minimum Gasteiger partial charge on any atom is -0.494 e. The minimum absolute atomic E-state index is 0.125. The Morgan fingerprint density at radius 3 is 2.26 bits per heavy atom. The summed E-state index contributed by atoms with van der Waals surface area (Å²) in [5, 5.41) is 11.0. The number of Topliss-reactive ketones (excluding diaryl/α,β-unsaturated/α-hetero) is 1. The van der Waals surface area contributed by atoms with Gasteiger partial charge in [-0.25, -0.2) is 4.79 Å². The average molecular weight is 598 g/mol. The summed E-state index contributed by atoms with van der Waals surface area (Å²) in [5.74, 6) is -3.09. The minimum atomic E-state index is -5.08. The van der Waals surface area contributed by atoms with Crippen molar-refractivity contribution in [2.24, 2.45) is 0 Å². The molecule has 13 heteroatoms. The SMILES string of the molecule is COc1c(C(=O)NCc2ccccn2)sc2c1c(=O)n(CC(=O)c1ccccc1)c1ccccc21.O=C(O)C(F)(F)F. The Bertz CT molecular complexity index is 1820. The van der Waals surface area contributed by atoms with Crippen molar-refractivity contribution in [2.45, 2.75) is 19.3 Å². The molecule has 1 amide bonds. The highest BCUT2D eigenvalue weighted by atomic mass is 32.1. The molecule has 2 N–H and O–H groups in total. The molecular formula is C29H22F3N3O6S. The van der Waals surface area contributed by atoms with Crippen LogP contribution >= 0.6 is 11.3 Å². The summed E-state index contributed by atoms with van der Waals surface area (Å²) in [6.45, 7) is 0.118. The zero-order chi connectivity index (χ0) is 30.4. The number of hydrogen-bond donors (Lipinski definition) is 2. The molecule has 0 saturated heterocycles. The van der Waals surface area contributed by atoms with Crippen molar-refractivity contribution in [1.82, 2.24) is 14.9 Å². The van der Waals surface area contributed by atoms with E-state index in [4.69, 9.17) is 14.6 Å². The molecule has 0 saturated carbocycles. The Kier molecular flexibility index (Phi) is 9.01. The van der Waals surface area contributed by atoms with Crippen molar-refractivity contribution in [3.63, 3.8) is 0 Å². The first-order valence-corrected chi connectivity index (χ1v) is 13.0. The van der Waals surface area contributed by atoms with E-state index in [-0.39, 0.29) is 36.1 Å². The highest BCUT2D eigenvalue weighted by Crippen LogP contribution is 2.39. The van der Waals surface area contributed by atoms with Crippen LogP contribution in [0, 0.1) is 0 Å². The summed E-state index contributed by atoms with van der Waals surface area (Å²) in [6, 6.07) is 21.7. The second-order valence-electron chi connectivity index (χ2n) is 8.67. The topological polar surface area (TPSA) is 128 Å². The molecule has 216 valence electrons. The quantitative estimate of drug-likeness (QED) is 0.251. The maximum Gasteiger partial charge on any atom is 0.490 e. The number of para-hydroxylation sites is 1. The number of halogens is 3. The number of rotatable bonds is 7. The summed E-state index contributed by atoms with van der Waals surface area (Å²) in [4.78, 5) is 53.2. The van der Waals surface area contributed by atoms with Crippen LogP contribution in [0.3, 0.4) is 0 Å². The van der Waals surface area contributed by atoms with Crippen molar-refractivity contribution >= 4 is 50.0 Å². The third-order valence-corrected chi connectivity index (χ3v) is 7.17. The molecule has 5 aromatic rings. The van der Waals surface area contributed by atoms with Gasteiger partial charge in [0.05, 0.1) is 36.1 Å². The van der Waals surface area contributed by atoms with Gasteiger partial charge in [0, 0.05) is 17.1 Å². The van der Waals surface area contributed by atoms with Crippen LogP contribution in [-0.4, -0.2) is 45.6 Å². The number of benzene rings is 2. The number of nitrogens with zero attached hydrogens (tertiary/aromatic N) is 2. The first-order chi connectivity index (χ1) is 20.0. The van der Waals surface area contributed by atoms with Gasteiger partial charge in [-0.05, 0) is 18.2 Å². The van der Waals surface area contributed by atoms with Crippen LogP contribution in [-0.2, 0) is 17.9 Å². The van der Waals surface area contributed by atoms with Crippen LogP contribution in [0.25, 0.3) is 21.0 Å². The lowest BCUT2D eigenvalue weighted by Gasteiger charge is -2.11. The predicted molar refractivity (Wildman–Crippen MR) is 150 cm³/mol. The van der Waals surface area contributed by atoms with Gasteiger partial charge < -0.3 is 15.2 Å². The smallest absolute Gasteiger partial charge is 0.490 e. The molecule has 3 heterocycles. The summed E-state index contributed by atoms with van der Waals surface area (Å²) in [5.41, 5.74) is 1.49. The number of carboxylic acid groups (broad SMARTS) is 1. The maximum atomic E-state index is 13.7. The number of pyridine rings is 2. The number of hydrogen-bond acceptors (Lipinski definition) is 7. The Morgan fingerprint density at radius 1 is 1.00 bits per heavy atom. The number of aromatic nitrogens is 2. The molecule has 0 spiro atoms. The summed E-state index contributed by atoms with van der Waals surface area (Å²) in [6.07, 6.45) is -3.42. The summed E-state index contributed by atoms with van der Waals surface area (Å²) in [7, 11) is 1.44. The zero-order valence-corrected chi connectivity index (χ0v) is 22.7. The monoisotopic (exact) mass is 597 g/mol. The molecule has 0 aliphatic rings. The number of methoxy groups -OCH3 is 1. The number of ketones is 1. The van der Waals surface area contributed by atoms with E-state index in [1.807, 2.05) is 42.5 Å². The summed E-state index contributed by atoms with van der Waals surface area (Å²) >= 11 is 1.20. The van der Waals surface area contributed by atoms with Crippen molar-refractivity contribution in [2.75, 3.05) is 7.11 Å². The van der Waals surface area contributed by atoms with Gasteiger partial charge >= 0.3 is 12.1 Å². The van der Waals surface area contributed by atoms with E-state index in [2.05, 4.69) is 10.3 Å². The van der Waals surface area contributed by atoms with E-state index in [0.717, 1.165) is 5.39 Å². The van der Waals surface area contributed by atoms with Crippen molar-refractivity contribution in [3.05, 3.63) is 105 Å². The van der Waals surface area contributed by atoms with Gasteiger partial charge in [-0.15, -0.1) is 11.3 Å². The second-order valence-corrected chi connectivity index (χ2v) is 9.69. The normalized spacial score (nSPS) is 11.0. The molecule has 0 unspecified atom stereocenters. The fourth-order valence-corrected chi connectivity index (χ4v) is 5.27. The van der Waals surface area contributed by atoms with Crippen molar-refractivity contribution < 1.29 is 37.4 Å².